The Hall–Kier alpha value is -2.97. The van der Waals surface area contributed by atoms with Gasteiger partial charge in [-0.15, -0.1) is 0 Å². The second kappa shape index (κ2) is 7.52. The van der Waals surface area contributed by atoms with Gasteiger partial charge < -0.3 is 9.31 Å². The largest absolute Gasteiger partial charge is 0.494 e. The second-order valence-electron chi connectivity index (χ2n) is 10.9. The standard InChI is InChI=1S/C27H28BFN2O4/c1-25(2)20-13-14-26(25,3)27(18-7-5-4-6-8-18)22(20)34-28(35-27)19-11-9-17(10-12-19)15-31-16-21(29)23(32)30-24(31)33/h4-12,16,20,22H,13-15H2,1-3H3,(H,30,32,33). The normalized spacial score (nSPS) is 30.6. The monoisotopic (exact) mass is 474 g/mol. The summed E-state index contributed by atoms with van der Waals surface area (Å²) in [6, 6.07) is 18.1. The number of benzene rings is 2. The van der Waals surface area contributed by atoms with Gasteiger partial charge in [-0.25, -0.2) is 4.79 Å². The van der Waals surface area contributed by atoms with Crippen LogP contribution in [-0.4, -0.2) is 22.8 Å². The van der Waals surface area contributed by atoms with E-state index >= 15 is 0 Å². The Balaban J connectivity index is 1.32. The van der Waals surface area contributed by atoms with Crippen molar-refractivity contribution in [2.45, 2.75) is 51.9 Å². The molecule has 4 unspecified atom stereocenters. The first-order valence-electron chi connectivity index (χ1n) is 12.1. The van der Waals surface area contributed by atoms with E-state index in [1.165, 1.54) is 5.56 Å². The van der Waals surface area contributed by atoms with Crippen molar-refractivity contribution in [3.63, 3.8) is 0 Å². The zero-order chi connectivity index (χ0) is 24.6. The molecule has 3 fully saturated rings. The molecular weight excluding hydrogens is 446 g/mol. The van der Waals surface area contributed by atoms with Gasteiger partial charge in [-0.1, -0.05) is 75.4 Å². The van der Waals surface area contributed by atoms with Crippen LogP contribution in [0.2, 0.25) is 0 Å². The first kappa shape index (κ1) is 22.5. The summed E-state index contributed by atoms with van der Waals surface area (Å²) in [7, 11) is -0.501. The molecule has 1 saturated heterocycles. The smallest absolute Gasteiger partial charge is 0.401 e. The van der Waals surface area contributed by atoms with Crippen LogP contribution in [0.3, 0.4) is 0 Å². The Labute approximate surface area is 203 Å². The van der Waals surface area contributed by atoms with Crippen LogP contribution >= 0.6 is 0 Å². The summed E-state index contributed by atoms with van der Waals surface area (Å²) in [6.45, 7) is 7.21. The lowest BCUT2D eigenvalue weighted by atomic mass is 9.61. The molecule has 6 nitrogen and oxygen atoms in total. The maximum absolute atomic E-state index is 13.6. The van der Waals surface area contributed by atoms with E-state index in [0.717, 1.165) is 34.6 Å². The van der Waals surface area contributed by atoms with Gasteiger partial charge in [0.25, 0.3) is 5.56 Å². The van der Waals surface area contributed by atoms with Gasteiger partial charge in [-0.3, -0.25) is 14.3 Å². The zero-order valence-corrected chi connectivity index (χ0v) is 20.1. The molecule has 2 heterocycles. The highest BCUT2D eigenvalue weighted by Gasteiger charge is 2.78. The molecule has 6 rings (SSSR count). The van der Waals surface area contributed by atoms with Crippen molar-refractivity contribution in [1.82, 2.24) is 9.55 Å². The van der Waals surface area contributed by atoms with E-state index in [1.54, 1.807) is 0 Å². The number of hydrogen-bond donors (Lipinski definition) is 1. The van der Waals surface area contributed by atoms with Gasteiger partial charge in [-0.05, 0) is 40.8 Å². The Bertz CT molecular complexity index is 1400. The lowest BCUT2D eigenvalue weighted by Gasteiger charge is -2.48. The number of nitrogens with one attached hydrogen (secondary N) is 1. The van der Waals surface area contributed by atoms with Gasteiger partial charge in [0, 0.05) is 5.41 Å². The summed E-state index contributed by atoms with van der Waals surface area (Å²) in [4.78, 5) is 25.3. The molecule has 0 spiro atoms. The van der Waals surface area contributed by atoms with Crippen molar-refractivity contribution in [3.8, 4) is 0 Å². The lowest BCUT2D eigenvalue weighted by molar-refractivity contribution is -0.0800. The van der Waals surface area contributed by atoms with Crippen molar-refractivity contribution in [3.05, 3.63) is 98.6 Å². The molecule has 2 aliphatic carbocycles. The Morgan fingerprint density at radius 3 is 2.51 bits per heavy atom. The maximum Gasteiger partial charge on any atom is 0.494 e. The molecule has 8 heteroatoms. The average Bonchev–Trinajstić information content (AvgIpc) is 3.40. The molecule has 35 heavy (non-hydrogen) atoms. The van der Waals surface area contributed by atoms with E-state index in [9.17, 15) is 14.0 Å². The quantitative estimate of drug-likeness (QED) is 0.590. The molecule has 0 radical (unpaired) electrons. The predicted molar refractivity (Wildman–Crippen MR) is 131 cm³/mol. The van der Waals surface area contributed by atoms with Gasteiger partial charge in [0.1, 0.15) is 5.60 Å². The lowest BCUT2D eigenvalue weighted by Crippen LogP contribution is -2.50. The molecule has 1 aliphatic heterocycles. The van der Waals surface area contributed by atoms with E-state index in [-0.39, 0.29) is 23.5 Å². The van der Waals surface area contributed by atoms with Crippen LogP contribution in [-0.2, 0) is 21.5 Å². The predicted octanol–water partition coefficient (Wildman–Crippen LogP) is 3.19. The highest BCUT2D eigenvalue weighted by molar-refractivity contribution is 6.62. The fourth-order valence-corrected chi connectivity index (χ4v) is 7.01. The van der Waals surface area contributed by atoms with E-state index in [1.807, 2.05) is 35.3 Å². The number of aromatic amines is 1. The second-order valence-corrected chi connectivity index (χ2v) is 10.9. The van der Waals surface area contributed by atoms with E-state index in [0.29, 0.717) is 5.92 Å². The highest BCUT2D eigenvalue weighted by Crippen LogP contribution is 2.75. The zero-order valence-electron chi connectivity index (χ0n) is 20.1. The van der Waals surface area contributed by atoms with Crippen molar-refractivity contribution in [2.24, 2.45) is 16.7 Å². The third-order valence-electron chi connectivity index (χ3n) is 9.23. The van der Waals surface area contributed by atoms with Gasteiger partial charge in [0.2, 0.25) is 5.82 Å². The van der Waals surface area contributed by atoms with Crippen LogP contribution in [0.25, 0.3) is 0 Å². The maximum atomic E-state index is 13.6. The molecule has 1 aromatic heterocycles. The number of fused-ring (bicyclic) bond motifs is 5. The highest BCUT2D eigenvalue weighted by atomic mass is 19.1. The summed E-state index contributed by atoms with van der Waals surface area (Å²) in [5.41, 5.74) is 0.701. The van der Waals surface area contributed by atoms with Crippen LogP contribution in [0.5, 0.6) is 0 Å². The number of rotatable bonds is 4. The summed E-state index contributed by atoms with van der Waals surface area (Å²) in [5.74, 6) is -0.586. The fourth-order valence-electron chi connectivity index (χ4n) is 7.01. The Morgan fingerprint density at radius 2 is 1.80 bits per heavy atom. The van der Waals surface area contributed by atoms with Gasteiger partial charge in [-0.2, -0.15) is 4.39 Å². The van der Waals surface area contributed by atoms with E-state index in [4.69, 9.17) is 9.31 Å². The van der Waals surface area contributed by atoms with Gasteiger partial charge in [0.15, 0.2) is 0 Å². The Kier molecular flexibility index (Phi) is 4.83. The molecular formula is C27H28BFN2O4. The molecule has 3 aliphatic rings. The third kappa shape index (κ3) is 2.96. The van der Waals surface area contributed by atoms with Crippen LogP contribution < -0.4 is 16.7 Å². The number of aromatic nitrogens is 2. The van der Waals surface area contributed by atoms with E-state index < -0.39 is 29.8 Å². The van der Waals surface area contributed by atoms with Crippen molar-refractivity contribution in [1.29, 1.82) is 0 Å². The fraction of sp³-hybridized carbons (Fsp3) is 0.407. The number of halogens is 1. The first-order valence-corrected chi connectivity index (χ1v) is 12.1. The van der Waals surface area contributed by atoms with Gasteiger partial charge in [0.05, 0.1) is 18.8 Å². The summed E-state index contributed by atoms with van der Waals surface area (Å²) >= 11 is 0. The van der Waals surface area contributed by atoms with E-state index in [2.05, 4.69) is 45.0 Å². The summed E-state index contributed by atoms with van der Waals surface area (Å²) < 4.78 is 28.4. The number of hydrogen-bond acceptors (Lipinski definition) is 4. The summed E-state index contributed by atoms with van der Waals surface area (Å²) in [6.07, 6.45) is 3.12. The minimum Gasteiger partial charge on any atom is -0.401 e. The first-order chi connectivity index (χ1) is 16.7. The minimum atomic E-state index is -1.01. The summed E-state index contributed by atoms with van der Waals surface area (Å²) in [5, 5.41) is 0. The number of nitrogens with zero attached hydrogens (tertiary/aromatic N) is 1. The average molecular weight is 474 g/mol. The van der Waals surface area contributed by atoms with Crippen LogP contribution in [0.15, 0.2) is 70.4 Å². The molecule has 3 aromatic rings. The molecule has 1 N–H and O–H groups in total. The molecule has 4 atom stereocenters. The molecule has 2 bridgehead atoms. The molecule has 180 valence electrons. The van der Waals surface area contributed by atoms with Gasteiger partial charge >= 0.3 is 12.8 Å². The van der Waals surface area contributed by atoms with Crippen LogP contribution in [0.4, 0.5) is 4.39 Å². The Morgan fingerprint density at radius 1 is 1.09 bits per heavy atom. The minimum absolute atomic E-state index is 0.0361. The topological polar surface area (TPSA) is 73.3 Å². The molecule has 0 amide bonds. The SMILES string of the molecule is CC1(C)C2CCC1(C)C1(c3ccccc3)OB(c3ccc(Cn4cc(F)c(=O)[nH]c4=O)cc3)OC21. The van der Waals surface area contributed by atoms with Crippen LogP contribution in [0.1, 0.15) is 44.7 Å². The molecule has 2 saturated carbocycles. The van der Waals surface area contributed by atoms with Crippen LogP contribution in [0, 0.1) is 22.6 Å². The molecule has 2 aromatic carbocycles. The number of H-pyrrole nitrogens is 1. The third-order valence-corrected chi connectivity index (χ3v) is 9.23. The van der Waals surface area contributed by atoms with Crippen molar-refractivity contribution >= 4 is 12.6 Å². The van der Waals surface area contributed by atoms with Crippen molar-refractivity contribution in [2.75, 3.05) is 0 Å². The van der Waals surface area contributed by atoms with Crippen molar-refractivity contribution < 1.29 is 13.7 Å².